The van der Waals surface area contributed by atoms with Gasteiger partial charge in [-0.05, 0) is 44.2 Å². The number of nitrogens with one attached hydrogen (secondary N) is 1. The van der Waals surface area contributed by atoms with Crippen LogP contribution in [0.2, 0.25) is 0 Å². The first kappa shape index (κ1) is 21.2. The summed E-state index contributed by atoms with van der Waals surface area (Å²) < 4.78 is 2.12. The molecule has 3 aromatic rings. The van der Waals surface area contributed by atoms with E-state index in [1.165, 1.54) is 0 Å². The smallest absolute Gasteiger partial charge is 0.254 e. The minimum Gasteiger partial charge on any atom is -0.333 e. The first-order chi connectivity index (χ1) is 12.1. The van der Waals surface area contributed by atoms with Crippen LogP contribution in [0.15, 0.2) is 48.5 Å². The van der Waals surface area contributed by atoms with Crippen molar-refractivity contribution in [1.29, 1.82) is 0 Å². The van der Waals surface area contributed by atoms with E-state index in [0.29, 0.717) is 5.56 Å². The van der Waals surface area contributed by atoms with Crippen LogP contribution in [-0.2, 0) is 0 Å². The molecule has 27 heavy (non-hydrogen) atoms. The van der Waals surface area contributed by atoms with Gasteiger partial charge in [0.15, 0.2) is 0 Å². The number of carbonyl (C=O) groups is 1. The number of carbonyl (C=O) groups excluding carboxylic acids is 1. The Morgan fingerprint density at radius 3 is 2.59 bits per heavy atom. The van der Waals surface area contributed by atoms with Gasteiger partial charge < -0.3 is 10.2 Å². The number of imidazole rings is 1. The Morgan fingerprint density at radius 1 is 1.15 bits per heavy atom. The third-order valence-electron chi connectivity index (χ3n) is 4.85. The van der Waals surface area contributed by atoms with Crippen molar-refractivity contribution in [2.24, 2.45) is 0 Å². The van der Waals surface area contributed by atoms with Crippen molar-refractivity contribution in [2.45, 2.75) is 19.9 Å². The minimum absolute atomic E-state index is 0. The van der Waals surface area contributed by atoms with E-state index in [-0.39, 0.29) is 36.8 Å². The molecule has 1 aliphatic rings. The molecule has 2 aromatic carbocycles. The van der Waals surface area contributed by atoms with Crippen LogP contribution in [-0.4, -0.2) is 46.0 Å². The van der Waals surface area contributed by atoms with Gasteiger partial charge in [-0.25, -0.2) is 4.98 Å². The quantitative estimate of drug-likeness (QED) is 0.706. The number of fused-ring (bicyclic) bond motifs is 1. The predicted molar refractivity (Wildman–Crippen MR) is 114 cm³/mol. The van der Waals surface area contributed by atoms with Crippen molar-refractivity contribution in [2.75, 3.05) is 19.6 Å². The number of hydrogen-bond acceptors (Lipinski definition) is 3. The molecule has 2 heterocycles. The lowest BCUT2D eigenvalue weighted by molar-refractivity contribution is 0.0656. The van der Waals surface area contributed by atoms with E-state index in [1.807, 2.05) is 48.2 Å². The van der Waals surface area contributed by atoms with Gasteiger partial charge in [0.1, 0.15) is 5.82 Å². The van der Waals surface area contributed by atoms with Crippen LogP contribution in [0, 0.1) is 6.92 Å². The maximum Gasteiger partial charge on any atom is 0.254 e. The molecule has 5 nitrogen and oxygen atoms in total. The largest absolute Gasteiger partial charge is 0.333 e. The lowest BCUT2D eigenvalue weighted by atomic mass is 10.1. The first-order valence-corrected chi connectivity index (χ1v) is 8.71. The van der Waals surface area contributed by atoms with Gasteiger partial charge in [0.05, 0.1) is 11.0 Å². The monoisotopic (exact) mass is 406 g/mol. The minimum atomic E-state index is 0. The fourth-order valence-corrected chi connectivity index (χ4v) is 3.55. The van der Waals surface area contributed by atoms with Gasteiger partial charge in [-0.2, -0.15) is 0 Å². The van der Waals surface area contributed by atoms with E-state index in [0.717, 1.165) is 42.2 Å². The number of nitrogens with zero attached hydrogens (tertiary/aromatic N) is 3. The fourth-order valence-electron chi connectivity index (χ4n) is 3.55. The molecule has 0 radical (unpaired) electrons. The highest BCUT2D eigenvalue weighted by atomic mass is 35.5. The van der Waals surface area contributed by atoms with Crippen molar-refractivity contribution >= 4 is 41.8 Å². The molecular weight excluding hydrogens is 383 g/mol. The molecule has 1 aliphatic heterocycles. The Bertz CT molecular complexity index is 926. The van der Waals surface area contributed by atoms with E-state index in [9.17, 15) is 4.79 Å². The number of aromatic nitrogens is 2. The van der Waals surface area contributed by atoms with Crippen LogP contribution in [0.25, 0.3) is 16.7 Å². The van der Waals surface area contributed by atoms with Gasteiger partial charge in [-0.1, -0.05) is 18.2 Å². The molecule has 1 atom stereocenters. The number of halogens is 2. The summed E-state index contributed by atoms with van der Waals surface area (Å²) in [6, 6.07) is 16.2. The van der Waals surface area contributed by atoms with E-state index in [2.05, 4.69) is 33.9 Å². The molecule has 1 saturated heterocycles. The summed E-state index contributed by atoms with van der Waals surface area (Å²) in [7, 11) is 0. The van der Waals surface area contributed by atoms with E-state index >= 15 is 0 Å². The first-order valence-electron chi connectivity index (χ1n) is 8.71. The number of piperazine rings is 1. The van der Waals surface area contributed by atoms with Crippen molar-refractivity contribution in [1.82, 2.24) is 19.8 Å². The van der Waals surface area contributed by atoms with E-state index < -0.39 is 0 Å². The zero-order valence-electron chi connectivity index (χ0n) is 15.4. The van der Waals surface area contributed by atoms with Gasteiger partial charge >= 0.3 is 0 Å². The maximum absolute atomic E-state index is 12.9. The van der Waals surface area contributed by atoms with Gasteiger partial charge in [0, 0.05) is 36.9 Å². The zero-order chi connectivity index (χ0) is 17.4. The highest BCUT2D eigenvalue weighted by Gasteiger charge is 2.24. The summed E-state index contributed by atoms with van der Waals surface area (Å²) in [5.41, 5.74) is 3.67. The molecule has 1 aromatic heterocycles. The highest BCUT2D eigenvalue weighted by Crippen LogP contribution is 2.23. The van der Waals surface area contributed by atoms with Crippen molar-refractivity contribution in [3.05, 3.63) is 59.9 Å². The standard InChI is InChI=1S/C20H22N4O.2ClH/c1-14-13-21-10-11-23(14)20(25)16-8-9-19-18(12-16)22-15(2)24(19)17-6-4-3-5-7-17;;/h3-9,12,14,21H,10-11,13H2,1-2H3;2*1H/t14-;;/m0../s1. The van der Waals surface area contributed by atoms with Gasteiger partial charge in [-0.15, -0.1) is 24.8 Å². The SMILES string of the molecule is Cc1nc2cc(C(=O)N3CCNC[C@@H]3C)ccc2n1-c1ccccc1.Cl.Cl. The molecule has 1 fully saturated rings. The number of rotatable bonds is 2. The molecule has 4 rings (SSSR count). The number of amides is 1. The predicted octanol–water partition coefficient (Wildman–Crippen LogP) is 3.61. The molecular formula is C20H24Cl2N4O. The number of hydrogen-bond donors (Lipinski definition) is 1. The van der Waals surface area contributed by atoms with Crippen molar-refractivity contribution in [3.8, 4) is 5.69 Å². The number of para-hydroxylation sites is 1. The Hall–Kier alpha value is -2.08. The topological polar surface area (TPSA) is 50.2 Å². The molecule has 0 spiro atoms. The third-order valence-corrected chi connectivity index (χ3v) is 4.85. The molecule has 1 N–H and O–H groups in total. The van der Waals surface area contributed by atoms with Crippen LogP contribution in [0.5, 0.6) is 0 Å². The molecule has 0 bridgehead atoms. The van der Waals surface area contributed by atoms with Crippen LogP contribution >= 0.6 is 24.8 Å². The third kappa shape index (κ3) is 3.95. The van der Waals surface area contributed by atoms with Crippen LogP contribution in [0.4, 0.5) is 0 Å². The number of benzene rings is 2. The summed E-state index contributed by atoms with van der Waals surface area (Å²) in [4.78, 5) is 19.5. The molecule has 0 unspecified atom stereocenters. The Kier molecular flexibility index (Phi) is 6.87. The molecule has 7 heteroatoms. The Labute approximate surface area is 171 Å². The average molecular weight is 407 g/mol. The normalized spacial score (nSPS) is 16.5. The van der Waals surface area contributed by atoms with Crippen molar-refractivity contribution in [3.63, 3.8) is 0 Å². The summed E-state index contributed by atoms with van der Waals surface area (Å²) in [6.45, 7) is 6.51. The second-order valence-corrected chi connectivity index (χ2v) is 6.59. The Morgan fingerprint density at radius 2 is 1.89 bits per heavy atom. The number of aryl methyl sites for hydroxylation is 1. The van der Waals surface area contributed by atoms with Gasteiger partial charge in [0.2, 0.25) is 0 Å². The Balaban J connectivity index is 0.00000131. The molecule has 0 saturated carbocycles. The van der Waals surface area contributed by atoms with E-state index in [1.54, 1.807) is 0 Å². The second-order valence-electron chi connectivity index (χ2n) is 6.59. The van der Waals surface area contributed by atoms with Crippen LogP contribution in [0.1, 0.15) is 23.1 Å². The zero-order valence-corrected chi connectivity index (χ0v) is 17.0. The van der Waals surface area contributed by atoms with E-state index in [4.69, 9.17) is 0 Å². The van der Waals surface area contributed by atoms with Gasteiger partial charge in [0.25, 0.3) is 5.91 Å². The van der Waals surface area contributed by atoms with Crippen LogP contribution < -0.4 is 5.32 Å². The summed E-state index contributed by atoms with van der Waals surface area (Å²) >= 11 is 0. The van der Waals surface area contributed by atoms with Gasteiger partial charge in [-0.3, -0.25) is 9.36 Å². The molecule has 144 valence electrons. The second kappa shape index (κ2) is 8.74. The summed E-state index contributed by atoms with van der Waals surface area (Å²) in [5.74, 6) is 1.00. The average Bonchev–Trinajstić information content (AvgIpc) is 2.97. The van der Waals surface area contributed by atoms with Crippen molar-refractivity contribution < 1.29 is 4.79 Å². The maximum atomic E-state index is 12.9. The highest BCUT2D eigenvalue weighted by molar-refractivity contribution is 5.98. The summed E-state index contributed by atoms with van der Waals surface area (Å²) in [5, 5.41) is 3.32. The summed E-state index contributed by atoms with van der Waals surface area (Å²) in [6.07, 6.45) is 0. The molecule has 0 aliphatic carbocycles. The lowest BCUT2D eigenvalue weighted by Crippen LogP contribution is -2.52. The fraction of sp³-hybridized carbons (Fsp3) is 0.300. The lowest BCUT2D eigenvalue weighted by Gasteiger charge is -2.34. The van der Waals surface area contributed by atoms with Crippen LogP contribution in [0.3, 0.4) is 0 Å². The molecule has 1 amide bonds.